The highest BCUT2D eigenvalue weighted by molar-refractivity contribution is 6.30. The zero-order chi connectivity index (χ0) is 19.9. The summed E-state index contributed by atoms with van der Waals surface area (Å²) in [5.74, 6) is -0.781. The van der Waals surface area contributed by atoms with Gasteiger partial charge in [-0.25, -0.2) is 4.98 Å². The van der Waals surface area contributed by atoms with Gasteiger partial charge >= 0.3 is 6.18 Å². The number of hydrogen-bond donors (Lipinski definition) is 1. The minimum atomic E-state index is -4.46. The second kappa shape index (κ2) is 7.13. The van der Waals surface area contributed by atoms with Gasteiger partial charge in [0, 0.05) is 30.8 Å². The Morgan fingerprint density at radius 2 is 2.07 bits per heavy atom. The van der Waals surface area contributed by atoms with Crippen molar-refractivity contribution in [1.29, 1.82) is 0 Å². The summed E-state index contributed by atoms with van der Waals surface area (Å²) in [6.07, 6.45) is 0.674. The number of halogens is 4. The second-order valence-corrected chi connectivity index (χ2v) is 7.42. The lowest BCUT2D eigenvalue weighted by molar-refractivity contribution is -0.137. The highest BCUT2D eigenvalue weighted by Crippen LogP contribution is 2.35. The molecule has 8 heteroatoms. The largest absolute Gasteiger partial charge is 0.416 e. The van der Waals surface area contributed by atoms with Gasteiger partial charge in [0.25, 0.3) is 0 Å². The first kappa shape index (κ1) is 18.8. The lowest BCUT2D eigenvalue weighted by Crippen LogP contribution is -2.27. The van der Waals surface area contributed by atoms with Gasteiger partial charge in [0.2, 0.25) is 5.91 Å². The number of carbonyl (C=O) groups excluding carboxylic acids is 1. The van der Waals surface area contributed by atoms with Crippen LogP contribution in [0.25, 0.3) is 5.65 Å². The summed E-state index contributed by atoms with van der Waals surface area (Å²) in [5.41, 5.74) is 0.883. The summed E-state index contributed by atoms with van der Waals surface area (Å²) in [4.78, 5) is 16.8. The topological polar surface area (TPSA) is 46.4 Å². The van der Waals surface area contributed by atoms with Crippen LogP contribution in [0.5, 0.6) is 0 Å². The standard InChI is InChI=1S/C20H17ClF3N3O/c21-14-4-7-18-25-10-17(27(18)11-14)16(9-19(28)26-15-5-6-15)12-2-1-3-13(8-12)20(22,23)24/h1-4,7-8,10-11,15-16H,5-6,9H2,(H,26,28). The third kappa shape index (κ3) is 3.99. The van der Waals surface area contributed by atoms with E-state index in [0.29, 0.717) is 21.9 Å². The van der Waals surface area contributed by atoms with E-state index < -0.39 is 17.7 Å². The molecular weight excluding hydrogens is 391 g/mol. The Hall–Kier alpha value is -2.54. The molecule has 1 saturated carbocycles. The van der Waals surface area contributed by atoms with Crippen LogP contribution in [0.3, 0.4) is 0 Å². The summed E-state index contributed by atoms with van der Waals surface area (Å²) in [7, 11) is 0. The van der Waals surface area contributed by atoms with Crippen LogP contribution in [0, 0.1) is 0 Å². The molecule has 4 nitrogen and oxygen atoms in total. The maximum atomic E-state index is 13.2. The Kier molecular flexibility index (Phi) is 4.79. The molecule has 4 rings (SSSR count). The van der Waals surface area contributed by atoms with E-state index in [2.05, 4.69) is 10.3 Å². The molecule has 0 radical (unpaired) electrons. The predicted molar refractivity (Wildman–Crippen MR) is 99.3 cm³/mol. The van der Waals surface area contributed by atoms with E-state index in [4.69, 9.17) is 11.6 Å². The Labute approximate surface area is 164 Å². The number of alkyl halides is 3. The SMILES string of the molecule is O=C(CC(c1cccc(C(F)(F)F)c1)c1cnc2ccc(Cl)cn12)NC1CC1. The van der Waals surface area contributed by atoms with Crippen molar-refractivity contribution in [2.24, 2.45) is 0 Å². The molecule has 1 aromatic carbocycles. The van der Waals surface area contributed by atoms with Crippen molar-refractivity contribution in [3.05, 3.63) is 70.6 Å². The number of benzene rings is 1. The van der Waals surface area contributed by atoms with E-state index in [1.54, 1.807) is 35.0 Å². The molecule has 0 aliphatic heterocycles. The third-order valence-corrected chi connectivity index (χ3v) is 5.03. The van der Waals surface area contributed by atoms with E-state index >= 15 is 0 Å². The van der Waals surface area contributed by atoms with E-state index in [0.717, 1.165) is 25.0 Å². The number of amides is 1. The highest BCUT2D eigenvalue weighted by atomic mass is 35.5. The number of hydrogen-bond acceptors (Lipinski definition) is 2. The summed E-state index contributed by atoms with van der Waals surface area (Å²) in [6.45, 7) is 0. The van der Waals surface area contributed by atoms with Crippen LogP contribution in [0.2, 0.25) is 5.02 Å². The predicted octanol–water partition coefficient (Wildman–Crippen LogP) is 4.81. The van der Waals surface area contributed by atoms with Gasteiger partial charge in [0.15, 0.2) is 0 Å². The van der Waals surface area contributed by atoms with Crippen molar-refractivity contribution in [2.45, 2.75) is 37.4 Å². The van der Waals surface area contributed by atoms with E-state index in [-0.39, 0.29) is 18.4 Å². The zero-order valence-electron chi connectivity index (χ0n) is 14.7. The van der Waals surface area contributed by atoms with Crippen LogP contribution in [0.4, 0.5) is 13.2 Å². The summed E-state index contributed by atoms with van der Waals surface area (Å²) < 4.78 is 41.3. The van der Waals surface area contributed by atoms with Gasteiger partial charge in [-0.3, -0.25) is 4.79 Å². The first-order valence-corrected chi connectivity index (χ1v) is 9.28. The summed E-state index contributed by atoms with van der Waals surface area (Å²) in [6, 6.07) is 8.67. The molecule has 1 aliphatic rings. The normalized spacial score (nSPS) is 15.6. The van der Waals surface area contributed by atoms with Crippen LogP contribution >= 0.6 is 11.6 Å². The number of nitrogens with zero attached hydrogens (tertiary/aromatic N) is 2. The molecule has 0 bridgehead atoms. The first-order chi connectivity index (χ1) is 13.3. The minimum absolute atomic E-state index is 0.0259. The van der Waals surface area contributed by atoms with E-state index in [9.17, 15) is 18.0 Å². The van der Waals surface area contributed by atoms with Crippen LogP contribution < -0.4 is 5.32 Å². The van der Waals surface area contributed by atoms with Crippen molar-refractivity contribution in [1.82, 2.24) is 14.7 Å². The third-order valence-electron chi connectivity index (χ3n) is 4.80. The number of rotatable bonds is 5. The average Bonchev–Trinajstić information content (AvgIpc) is 3.36. The van der Waals surface area contributed by atoms with Crippen molar-refractivity contribution >= 4 is 23.2 Å². The Morgan fingerprint density at radius 3 is 2.79 bits per heavy atom. The molecular formula is C20H17ClF3N3O. The van der Waals surface area contributed by atoms with Gasteiger partial charge in [0.05, 0.1) is 16.3 Å². The summed E-state index contributed by atoms with van der Waals surface area (Å²) in [5, 5.41) is 3.37. The molecule has 146 valence electrons. The number of fused-ring (bicyclic) bond motifs is 1. The number of pyridine rings is 1. The smallest absolute Gasteiger partial charge is 0.353 e. The van der Waals surface area contributed by atoms with Gasteiger partial charge in [-0.2, -0.15) is 13.2 Å². The lowest BCUT2D eigenvalue weighted by atomic mass is 9.91. The molecule has 1 atom stereocenters. The molecule has 28 heavy (non-hydrogen) atoms. The maximum Gasteiger partial charge on any atom is 0.416 e. The number of carbonyl (C=O) groups is 1. The van der Waals surface area contributed by atoms with Gasteiger partial charge in [-0.05, 0) is 36.6 Å². The minimum Gasteiger partial charge on any atom is -0.353 e. The molecule has 1 fully saturated rings. The molecule has 1 N–H and O–H groups in total. The van der Waals surface area contributed by atoms with Gasteiger partial charge in [-0.1, -0.05) is 29.8 Å². The monoisotopic (exact) mass is 407 g/mol. The van der Waals surface area contributed by atoms with Crippen molar-refractivity contribution in [2.75, 3.05) is 0 Å². The molecule has 0 spiro atoms. The van der Waals surface area contributed by atoms with Crippen LogP contribution in [-0.2, 0) is 11.0 Å². The van der Waals surface area contributed by atoms with E-state index in [1.807, 2.05) is 0 Å². The molecule has 3 aromatic rings. The molecule has 1 unspecified atom stereocenters. The number of nitrogens with one attached hydrogen (secondary N) is 1. The van der Waals surface area contributed by atoms with Crippen LogP contribution in [-0.4, -0.2) is 21.3 Å². The Balaban J connectivity index is 1.77. The van der Waals surface area contributed by atoms with Crippen molar-refractivity contribution < 1.29 is 18.0 Å². The molecule has 2 heterocycles. The highest BCUT2D eigenvalue weighted by Gasteiger charge is 2.32. The zero-order valence-corrected chi connectivity index (χ0v) is 15.5. The van der Waals surface area contributed by atoms with Crippen molar-refractivity contribution in [3.63, 3.8) is 0 Å². The Morgan fingerprint density at radius 1 is 1.29 bits per heavy atom. The molecule has 2 aromatic heterocycles. The van der Waals surface area contributed by atoms with E-state index in [1.165, 1.54) is 6.07 Å². The quantitative estimate of drug-likeness (QED) is 0.660. The fraction of sp³-hybridized carbons (Fsp3) is 0.300. The summed E-state index contributed by atoms with van der Waals surface area (Å²) >= 11 is 6.09. The first-order valence-electron chi connectivity index (χ1n) is 8.90. The lowest BCUT2D eigenvalue weighted by Gasteiger charge is -2.19. The van der Waals surface area contributed by atoms with Gasteiger partial charge < -0.3 is 9.72 Å². The van der Waals surface area contributed by atoms with Crippen molar-refractivity contribution in [3.8, 4) is 0 Å². The second-order valence-electron chi connectivity index (χ2n) is 6.98. The van der Waals surface area contributed by atoms with Gasteiger partial charge in [0.1, 0.15) is 5.65 Å². The van der Waals surface area contributed by atoms with Crippen LogP contribution in [0.15, 0.2) is 48.8 Å². The number of imidazole rings is 1. The fourth-order valence-corrected chi connectivity index (χ4v) is 3.42. The molecule has 1 aliphatic carbocycles. The maximum absolute atomic E-state index is 13.2. The fourth-order valence-electron chi connectivity index (χ4n) is 3.26. The molecule has 1 amide bonds. The van der Waals surface area contributed by atoms with Gasteiger partial charge in [-0.15, -0.1) is 0 Å². The Bertz CT molecular complexity index is 1030. The van der Waals surface area contributed by atoms with Crippen LogP contribution in [0.1, 0.15) is 42.0 Å². The molecule has 0 saturated heterocycles. The average molecular weight is 408 g/mol. The number of aromatic nitrogens is 2.